The predicted octanol–water partition coefficient (Wildman–Crippen LogP) is 9.36. The molecule has 352 valence electrons. The highest BCUT2D eigenvalue weighted by molar-refractivity contribution is 5.69. The number of unbranched alkanes of at least 4 members (excludes halogenated alkanes) is 3. The van der Waals surface area contributed by atoms with Crippen LogP contribution in [0, 0.1) is 20.8 Å². The van der Waals surface area contributed by atoms with E-state index in [1.807, 2.05) is 12.1 Å². The van der Waals surface area contributed by atoms with Crippen molar-refractivity contribution in [2.24, 2.45) is 0 Å². The molecule has 4 aromatic rings. The van der Waals surface area contributed by atoms with Gasteiger partial charge in [-0.25, -0.2) is 0 Å². The lowest BCUT2D eigenvalue weighted by molar-refractivity contribution is -0.940. The monoisotopic (exact) mass is 895 g/mol. The van der Waals surface area contributed by atoms with E-state index in [0.29, 0.717) is 54.3 Å². The summed E-state index contributed by atoms with van der Waals surface area (Å²) in [6.45, 7) is 10.4. The Bertz CT molecular complexity index is 2280. The lowest BCUT2D eigenvalue weighted by Crippen LogP contribution is -2.53. The molecule has 0 unspecified atom stereocenters. The Morgan fingerprint density at radius 1 is 0.508 bits per heavy atom. The van der Waals surface area contributed by atoms with Gasteiger partial charge in [-0.1, -0.05) is 24.3 Å². The Labute approximate surface area is 388 Å². The van der Waals surface area contributed by atoms with Crippen molar-refractivity contribution in [1.82, 2.24) is 0 Å². The zero-order chi connectivity index (χ0) is 46.7. The molecule has 0 bridgehead atoms. The molecule has 2 aliphatic heterocycles. The molecule has 4 atom stereocenters. The molecular weight excluding hydrogens is 821 g/mol. The standard InChI is InChI=1S/C54H74N2O9/c1-37-15-16-40(33-49(37)60-7)31-46-44-30-39(3)38(2)29-42(44)19-23-55(46,4)25-21-53(57)64-27-13-11-12-14-28-65-54(58)22-26-56(5)24-20-43-35-51(62-9)52(63-10)36-45(43)47(56)32-41-17-18-48(59-6)50(34-41)61-8/h15-18,29-30,33-36,46-47H,11-14,19-28,31-32H2,1-10H3/q+2/t46-,47-,55-,56-/m1/s1. The lowest BCUT2D eigenvalue weighted by Gasteiger charge is -2.46. The van der Waals surface area contributed by atoms with Gasteiger partial charge in [-0.15, -0.1) is 0 Å². The summed E-state index contributed by atoms with van der Waals surface area (Å²) in [5.41, 5.74) is 11.4. The first-order valence-corrected chi connectivity index (χ1v) is 23.4. The van der Waals surface area contributed by atoms with E-state index in [-0.39, 0.29) is 24.0 Å². The van der Waals surface area contributed by atoms with Gasteiger partial charge in [0.05, 0.1) is 102 Å². The van der Waals surface area contributed by atoms with Crippen molar-refractivity contribution < 1.29 is 51.7 Å². The van der Waals surface area contributed by atoms with Gasteiger partial charge in [-0.3, -0.25) is 9.59 Å². The van der Waals surface area contributed by atoms with E-state index < -0.39 is 0 Å². The van der Waals surface area contributed by atoms with E-state index >= 15 is 0 Å². The molecule has 2 heterocycles. The van der Waals surface area contributed by atoms with Gasteiger partial charge in [0.15, 0.2) is 23.0 Å². The Balaban J connectivity index is 0.948. The number of hydrogen-bond acceptors (Lipinski definition) is 9. The van der Waals surface area contributed by atoms with Gasteiger partial charge in [-0.05, 0) is 122 Å². The second-order valence-corrected chi connectivity index (χ2v) is 18.7. The molecule has 0 N–H and O–H groups in total. The molecule has 2 aliphatic rings. The SMILES string of the molecule is COc1cc(C[C@@H]2c3cc(C)c(C)cc3CC[N@+]2(C)CCC(=O)OCCCCCCOC(=O)CC[N@@+]2(C)CCc3cc(OC)c(OC)cc3[C@H]2Cc2ccc(OC)c(OC)c2)ccc1C. The zero-order valence-electron chi connectivity index (χ0n) is 40.8. The topological polar surface area (TPSA) is 98.8 Å². The van der Waals surface area contributed by atoms with Crippen LogP contribution in [-0.4, -0.2) is 110 Å². The lowest BCUT2D eigenvalue weighted by atomic mass is 9.84. The van der Waals surface area contributed by atoms with Gasteiger partial charge < -0.3 is 42.1 Å². The van der Waals surface area contributed by atoms with Gasteiger partial charge in [0.1, 0.15) is 17.8 Å². The number of aryl methyl sites for hydroxylation is 3. The third kappa shape index (κ3) is 12.0. The number of ether oxygens (including phenoxy) is 7. The highest BCUT2D eigenvalue weighted by Gasteiger charge is 2.41. The number of carbonyl (C=O) groups excluding carboxylic acids is 2. The highest BCUT2D eigenvalue weighted by atomic mass is 16.5. The summed E-state index contributed by atoms with van der Waals surface area (Å²) in [5, 5.41) is 0. The average Bonchev–Trinajstić information content (AvgIpc) is 3.31. The maximum absolute atomic E-state index is 13.2. The van der Waals surface area contributed by atoms with Crippen LogP contribution < -0.4 is 23.7 Å². The number of rotatable bonds is 22. The molecule has 0 amide bonds. The van der Waals surface area contributed by atoms with Crippen LogP contribution in [0.15, 0.2) is 60.7 Å². The number of nitrogens with zero attached hydrogens (tertiary/aromatic N) is 2. The number of carbonyl (C=O) groups is 2. The Morgan fingerprint density at radius 3 is 1.49 bits per heavy atom. The summed E-state index contributed by atoms with van der Waals surface area (Å²) in [5.74, 6) is 3.38. The number of methoxy groups -OCH3 is 5. The highest BCUT2D eigenvalue weighted by Crippen LogP contribution is 2.44. The number of benzene rings is 4. The maximum atomic E-state index is 13.2. The second-order valence-electron chi connectivity index (χ2n) is 18.7. The summed E-state index contributed by atoms with van der Waals surface area (Å²) < 4.78 is 41.2. The van der Waals surface area contributed by atoms with Crippen LogP contribution in [-0.2, 0) is 44.7 Å². The fourth-order valence-electron chi connectivity index (χ4n) is 10.0. The molecule has 0 saturated carbocycles. The van der Waals surface area contributed by atoms with Crippen LogP contribution in [0.25, 0.3) is 0 Å². The smallest absolute Gasteiger partial charge is 0.311 e. The van der Waals surface area contributed by atoms with Crippen LogP contribution in [0.4, 0.5) is 0 Å². The van der Waals surface area contributed by atoms with Crippen molar-refractivity contribution >= 4 is 11.9 Å². The van der Waals surface area contributed by atoms with Gasteiger partial charge in [0.2, 0.25) is 0 Å². The van der Waals surface area contributed by atoms with Crippen LogP contribution in [0.5, 0.6) is 28.7 Å². The van der Waals surface area contributed by atoms with E-state index in [0.717, 1.165) is 98.1 Å². The van der Waals surface area contributed by atoms with Crippen LogP contribution in [0.3, 0.4) is 0 Å². The van der Waals surface area contributed by atoms with E-state index in [9.17, 15) is 9.59 Å². The van der Waals surface area contributed by atoms with Gasteiger partial charge >= 0.3 is 11.9 Å². The molecular formula is C54H74N2O9+2. The van der Waals surface area contributed by atoms with Gasteiger partial charge in [0, 0.05) is 36.8 Å². The summed E-state index contributed by atoms with van der Waals surface area (Å²) in [6.07, 6.45) is 7.51. The first-order valence-electron chi connectivity index (χ1n) is 23.4. The fraction of sp³-hybridized carbons (Fsp3) is 0.519. The fourth-order valence-corrected chi connectivity index (χ4v) is 10.0. The van der Waals surface area contributed by atoms with Crippen molar-refractivity contribution in [2.45, 2.75) is 97.1 Å². The van der Waals surface area contributed by atoms with E-state index in [2.05, 4.69) is 83.4 Å². The molecule has 6 rings (SSSR count). The van der Waals surface area contributed by atoms with Crippen molar-refractivity contribution in [3.8, 4) is 28.7 Å². The summed E-state index contributed by atoms with van der Waals surface area (Å²) in [7, 11) is 12.9. The minimum absolute atomic E-state index is 0.0604. The number of esters is 2. The summed E-state index contributed by atoms with van der Waals surface area (Å²) >= 11 is 0. The maximum Gasteiger partial charge on any atom is 0.311 e. The zero-order valence-corrected chi connectivity index (χ0v) is 40.8. The molecule has 0 aromatic heterocycles. The third-order valence-electron chi connectivity index (χ3n) is 14.4. The molecule has 0 spiro atoms. The van der Waals surface area contributed by atoms with Crippen molar-refractivity contribution in [2.75, 3.05) is 89.0 Å². The van der Waals surface area contributed by atoms with E-state index in [1.54, 1.807) is 35.5 Å². The van der Waals surface area contributed by atoms with Crippen molar-refractivity contribution in [3.05, 3.63) is 111 Å². The largest absolute Gasteiger partial charge is 0.496 e. The van der Waals surface area contributed by atoms with Crippen molar-refractivity contribution in [1.29, 1.82) is 0 Å². The minimum atomic E-state index is -0.180. The third-order valence-corrected chi connectivity index (χ3v) is 14.4. The minimum Gasteiger partial charge on any atom is -0.496 e. The van der Waals surface area contributed by atoms with E-state index in [1.165, 1.54) is 38.9 Å². The summed E-state index contributed by atoms with van der Waals surface area (Å²) in [6, 6.07) is 21.8. The Morgan fingerprint density at radius 2 is 0.954 bits per heavy atom. The van der Waals surface area contributed by atoms with Crippen LogP contribution >= 0.6 is 0 Å². The molecule has 0 radical (unpaired) electrons. The van der Waals surface area contributed by atoms with Gasteiger partial charge in [0.25, 0.3) is 0 Å². The number of hydrogen-bond donors (Lipinski definition) is 0. The van der Waals surface area contributed by atoms with Gasteiger partial charge in [-0.2, -0.15) is 0 Å². The Kier molecular flexibility index (Phi) is 16.9. The number of quaternary nitrogens is 2. The molecule has 11 nitrogen and oxygen atoms in total. The molecule has 0 fully saturated rings. The number of likely N-dealkylation sites (N-methyl/N-ethyl adjacent to an activating group) is 2. The summed E-state index contributed by atoms with van der Waals surface area (Å²) in [4.78, 5) is 26.3. The molecule has 0 saturated heterocycles. The number of fused-ring (bicyclic) bond motifs is 2. The Hall–Kier alpha value is -5.26. The van der Waals surface area contributed by atoms with Crippen LogP contribution in [0.2, 0.25) is 0 Å². The normalized spacial score (nSPS) is 20.0. The molecule has 65 heavy (non-hydrogen) atoms. The van der Waals surface area contributed by atoms with Crippen LogP contribution in [0.1, 0.15) is 101 Å². The molecule has 11 heteroatoms. The quantitative estimate of drug-likeness (QED) is 0.0435. The first kappa shape index (κ1) is 49.2. The van der Waals surface area contributed by atoms with Crippen molar-refractivity contribution in [3.63, 3.8) is 0 Å². The molecule has 4 aromatic carbocycles. The average molecular weight is 895 g/mol. The first-order chi connectivity index (χ1) is 31.2. The second kappa shape index (κ2) is 22.3. The molecule has 0 aliphatic carbocycles. The van der Waals surface area contributed by atoms with E-state index in [4.69, 9.17) is 33.2 Å². The predicted molar refractivity (Wildman–Crippen MR) is 254 cm³/mol.